The maximum atomic E-state index is 12.7. The molecule has 0 bridgehead atoms. The second-order valence-corrected chi connectivity index (χ2v) is 6.22. The minimum atomic E-state index is -0.418. The number of fused-ring (bicyclic) bond motifs is 2. The number of hydrogen-bond donors (Lipinski definition) is 0. The van der Waals surface area contributed by atoms with Crippen LogP contribution in [0.3, 0.4) is 0 Å². The second-order valence-electron chi connectivity index (χ2n) is 6.22. The second kappa shape index (κ2) is 7.13. The van der Waals surface area contributed by atoms with E-state index in [2.05, 4.69) is 0 Å². The highest BCUT2D eigenvalue weighted by atomic mass is 16.5. The molecule has 5 nitrogen and oxygen atoms in total. The van der Waals surface area contributed by atoms with E-state index in [1.807, 2.05) is 12.1 Å². The number of ether oxygens (including phenoxy) is 3. The Hall–Kier alpha value is -2.56. The number of ketones is 1. The number of carbonyl (C=O) groups is 2. The van der Waals surface area contributed by atoms with Crippen molar-refractivity contribution in [3.8, 4) is 11.5 Å². The molecule has 0 aromatic heterocycles. The number of carbonyl (C=O) groups excluding carboxylic acids is 2. The van der Waals surface area contributed by atoms with Gasteiger partial charge in [-0.05, 0) is 42.5 Å². The van der Waals surface area contributed by atoms with Crippen LogP contribution in [0, 0.1) is 0 Å². The fraction of sp³-hybridized carbons (Fsp3) is 0.400. The van der Waals surface area contributed by atoms with E-state index < -0.39 is 5.97 Å². The third kappa shape index (κ3) is 3.18. The van der Waals surface area contributed by atoms with Crippen molar-refractivity contribution in [1.29, 1.82) is 0 Å². The van der Waals surface area contributed by atoms with Crippen molar-refractivity contribution in [3.63, 3.8) is 0 Å². The summed E-state index contributed by atoms with van der Waals surface area (Å²) in [4.78, 5) is 24.9. The lowest BCUT2D eigenvalue weighted by Gasteiger charge is -2.17. The highest BCUT2D eigenvalue weighted by molar-refractivity contribution is 6.08. The number of esters is 1. The van der Waals surface area contributed by atoms with Crippen LogP contribution in [0.15, 0.2) is 23.3 Å². The predicted molar refractivity (Wildman–Crippen MR) is 94.6 cm³/mol. The number of benzene rings is 1. The molecule has 0 N–H and O–H groups in total. The van der Waals surface area contributed by atoms with Gasteiger partial charge in [0.05, 0.1) is 21.3 Å². The predicted octanol–water partition coefficient (Wildman–Crippen LogP) is 3.56. The number of allylic oxidation sites excluding steroid dienone is 2. The van der Waals surface area contributed by atoms with Crippen molar-refractivity contribution in [1.82, 2.24) is 0 Å². The lowest BCUT2D eigenvalue weighted by atomic mass is 9.91. The molecule has 1 aromatic carbocycles. The summed E-state index contributed by atoms with van der Waals surface area (Å²) in [5.41, 5.74) is 3.85. The molecule has 0 unspecified atom stereocenters. The number of rotatable bonds is 3. The molecule has 5 heteroatoms. The van der Waals surface area contributed by atoms with Crippen LogP contribution in [-0.4, -0.2) is 33.1 Å². The van der Waals surface area contributed by atoms with E-state index >= 15 is 0 Å². The normalized spacial score (nSPS) is 16.9. The van der Waals surface area contributed by atoms with Crippen molar-refractivity contribution < 1.29 is 23.8 Å². The topological polar surface area (TPSA) is 61.8 Å². The molecule has 0 fully saturated rings. The van der Waals surface area contributed by atoms with Gasteiger partial charge in [-0.25, -0.2) is 4.79 Å². The summed E-state index contributed by atoms with van der Waals surface area (Å²) in [6, 6.07) is 3.68. The third-order valence-corrected chi connectivity index (χ3v) is 4.79. The maximum Gasteiger partial charge on any atom is 0.334 e. The van der Waals surface area contributed by atoms with E-state index in [1.54, 1.807) is 20.3 Å². The van der Waals surface area contributed by atoms with Crippen LogP contribution in [0.4, 0.5) is 0 Å². The molecule has 0 atom stereocenters. The van der Waals surface area contributed by atoms with E-state index in [-0.39, 0.29) is 5.78 Å². The quantitative estimate of drug-likeness (QED) is 0.786. The van der Waals surface area contributed by atoms with Crippen LogP contribution in [0.2, 0.25) is 0 Å². The fourth-order valence-electron chi connectivity index (χ4n) is 3.56. The van der Waals surface area contributed by atoms with Gasteiger partial charge in [-0.1, -0.05) is 0 Å². The summed E-state index contributed by atoms with van der Waals surface area (Å²) in [5, 5.41) is 0. The molecule has 132 valence electrons. The molecular formula is C20H22O5. The van der Waals surface area contributed by atoms with Crippen LogP contribution >= 0.6 is 0 Å². The van der Waals surface area contributed by atoms with Crippen molar-refractivity contribution in [2.45, 2.75) is 32.1 Å². The lowest BCUT2D eigenvalue weighted by Crippen LogP contribution is -2.09. The van der Waals surface area contributed by atoms with Crippen LogP contribution in [0.5, 0.6) is 11.5 Å². The van der Waals surface area contributed by atoms with E-state index in [4.69, 9.17) is 14.2 Å². The molecule has 0 spiro atoms. The number of Topliss-reactive ketones (excluding diaryl/α,β-unsaturated/α-hetero) is 1. The van der Waals surface area contributed by atoms with Crippen LogP contribution in [0.25, 0.3) is 11.6 Å². The minimum absolute atomic E-state index is 0.105. The molecule has 2 aliphatic carbocycles. The van der Waals surface area contributed by atoms with Gasteiger partial charge in [-0.15, -0.1) is 0 Å². The average molecular weight is 342 g/mol. The number of methoxy groups -OCH3 is 3. The molecule has 1 aromatic rings. The third-order valence-electron chi connectivity index (χ3n) is 4.79. The molecule has 0 heterocycles. The van der Waals surface area contributed by atoms with Gasteiger partial charge in [0.2, 0.25) is 0 Å². The highest BCUT2D eigenvalue weighted by Crippen LogP contribution is 2.44. The molecule has 0 radical (unpaired) electrons. The van der Waals surface area contributed by atoms with Gasteiger partial charge in [0.25, 0.3) is 0 Å². The molecule has 0 amide bonds. The summed E-state index contributed by atoms with van der Waals surface area (Å²) >= 11 is 0. The van der Waals surface area contributed by atoms with E-state index in [1.165, 1.54) is 7.11 Å². The Labute approximate surface area is 147 Å². The van der Waals surface area contributed by atoms with Crippen molar-refractivity contribution in [2.75, 3.05) is 21.3 Å². The maximum absolute atomic E-state index is 12.7. The Morgan fingerprint density at radius 1 is 1.00 bits per heavy atom. The van der Waals surface area contributed by atoms with Crippen molar-refractivity contribution in [2.24, 2.45) is 0 Å². The molecule has 3 rings (SSSR count). The van der Waals surface area contributed by atoms with Gasteiger partial charge in [-0.3, -0.25) is 4.79 Å². The number of hydrogen-bond acceptors (Lipinski definition) is 5. The van der Waals surface area contributed by atoms with Crippen molar-refractivity contribution >= 4 is 23.4 Å². The molecule has 0 saturated carbocycles. The summed E-state index contributed by atoms with van der Waals surface area (Å²) in [6.45, 7) is 0. The van der Waals surface area contributed by atoms with Crippen molar-refractivity contribution in [3.05, 3.63) is 34.4 Å². The van der Waals surface area contributed by atoms with Gasteiger partial charge < -0.3 is 14.2 Å². The van der Waals surface area contributed by atoms with E-state index in [0.717, 1.165) is 36.0 Å². The minimum Gasteiger partial charge on any atom is -0.497 e. The zero-order chi connectivity index (χ0) is 18.0. The Morgan fingerprint density at radius 2 is 1.76 bits per heavy atom. The van der Waals surface area contributed by atoms with Gasteiger partial charge >= 0.3 is 5.97 Å². The first kappa shape index (κ1) is 17.3. The molecule has 2 aliphatic rings. The summed E-state index contributed by atoms with van der Waals surface area (Å²) in [7, 11) is 4.54. The molecule has 0 saturated heterocycles. The van der Waals surface area contributed by atoms with Crippen LogP contribution in [0.1, 0.15) is 43.2 Å². The molecule has 25 heavy (non-hydrogen) atoms. The zero-order valence-corrected chi connectivity index (χ0v) is 14.8. The summed E-state index contributed by atoms with van der Waals surface area (Å²) < 4.78 is 15.9. The Morgan fingerprint density at radius 3 is 2.44 bits per heavy atom. The van der Waals surface area contributed by atoms with Crippen LogP contribution < -0.4 is 9.47 Å². The standard InChI is InChI=1S/C20H22O5/c1-23-14-9-12-8-13(20(22)25-3)10-16-15(6-4-5-7-17(16)21)19(12)18(11-14)24-2/h8-9,11H,4-7,10H2,1-3H3. The Kier molecular flexibility index (Phi) is 4.93. The molecular weight excluding hydrogens is 320 g/mol. The average Bonchev–Trinajstić information content (AvgIpc) is 2.91. The zero-order valence-electron chi connectivity index (χ0n) is 14.8. The fourth-order valence-corrected chi connectivity index (χ4v) is 3.56. The van der Waals surface area contributed by atoms with Gasteiger partial charge in [0, 0.05) is 35.6 Å². The van der Waals surface area contributed by atoms with Gasteiger partial charge in [0.15, 0.2) is 5.78 Å². The van der Waals surface area contributed by atoms with Gasteiger partial charge in [-0.2, -0.15) is 0 Å². The first-order chi connectivity index (χ1) is 12.1. The van der Waals surface area contributed by atoms with E-state index in [9.17, 15) is 9.59 Å². The first-order valence-corrected chi connectivity index (χ1v) is 8.39. The Bertz CT molecular complexity index is 786. The largest absolute Gasteiger partial charge is 0.497 e. The Balaban J connectivity index is 2.31. The summed E-state index contributed by atoms with van der Waals surface area (Å²) in [6.07, 6.45) is 5.18. The SMILES string of the molecule is COC(=O)C1=Cc2cc(OC)cc(OC)c2C2=C(C1)C(=O)CCCC2. The van der Waals surface area contributed by atoms with E-state index in [0.29, 0.717) is 35.5 Å². The lowest BCUT2D eigenvalue weighted by molar-refractivity contribution is -0.136. The monoisotopic (exact) mass is 342 g/mol. The van der Waals surface area contributed by atoms with Crippen LogP contribution in [-0.2, 0) is 14.3 Å². The van der Waals surface area contributed by atoms with Gasteiger partial charge in [0.1, 0.15) is 11.5 Å². The first-order valence-electron chi connectivity index (χ1n) is 8.39. The molecule has 0 aliphatic heterocycles. The smallest absolute Gasteiger partial charge is 0.334 e. The highest BCUT2D eigenvalue weighted by Gasteiger charge is 2.29. The summed E-state index contributed by atoms with van der Waals surface area (Å²) in [5.74, 6) is 0.977.